The van der Waals surface area contributed by atoms with Crippen LogP contribution in [0.15, 0.2) is 60.7 Å². The van der Waals surface area contributed by atoms with Gasteiger partial charge >= 0.3 is 118 Å². The molecule has 0 aliphatic carbocycles. The van der Waals surface area contributed by atoms with Crippen molar-refractivity contribution in [1.29, 1.82) is 0 Å². The van der Waals surface area contributed by atoms with Gasteiger partial charge in [0.2, 0.25) is 0 Å². The summed E-state index contributed by atoms with van der Waals surface area (Å²) in [4.78, 5) is 20.3. The van der Waals surface area contributed by atoms with Crippen LogP contribution in [0.1, 0.15) is 0 Å². The maximum atomic E-state index is 10.2. The third kappa shape index (κ3) is 2.92. The second kappa shape index (κ2) is 5.92. The predicted octanol–water partition coefficient (Wildman–Crippen LogP) is 0.553. The second-order valence-electron chi connectivity index (χ2n) is 3.40. The molecule has 0 bridgehead atoms. The molecule has 0 saturated heterocycles. The van der Waals surface area contributed by atoms with Gasteiger partial charge < -0.3 is 0 Å². The maximum absolute atomic E-state index is 10.2. The van der Waals surface area contributed by atoms with E-state index >= 15 is 0 Å². The first kappa shape index (κ1) is 13.9. The van der Waals surface area contributed by atoms with E-state index in [1.807, 2.05) is 36.4 Å². The first-order chi connectivity index (χ1) is 7.21. The standard InChI is InChI=1S/C12H13O2P.Na.H/c13-15(14,11-7-3-1-4-8-11)12-9-5-2-6-10-12;;/h1-10,13-15H;;. The molecule has 16 heavy (non-hydrogen) atoms. The normalized spacial score (nSPS) is 11.6. The molecule has 0 unspecified atom stereocenters. The third-order valence-corrected chi connectivity index (χ3v) is 4.63. The first-order valence-corrected chi connectivity index (χ1v) is 6.66. The minimum atomic E-state index is -3.46. The predicted molar refractivity (Wildman–Crippen MR) is 72.1 cm³/mol. The van der Waals surface area contributed by atoms with Crippen LogP contribution in [-0.2, 0) is 0 Å². The molecular formula is C12H14NaO2P. The summed E-state index contributed by atoms with van der Waals surface area (Å²) in [6.45, 7) is 0. The van der Waals surface area contributed by atoms with Crippen LogP contribution in [0.2, 0.25) is 0 Å². The molecule has 0 aromatic heterocycles. The second-order valence-corrected chi connectivity index (χ2v) is 5.90. The molecule has 0 aliphatic rings. The molecule has 2 aromatic carbocycles. The first-order valence-electron chi connectivity index (χ1n) is 4.77. The van der Waals surface area contributed by atoms with Crippen molar-refractivity contribution in [2.75, 3.05) is 0 Å². The fraction of sp³-hybridized carbons (Fsp3) is 0. The Bertz CT molecular complexity index is 390. The van der Waals surface area contributed by atoms with Crippen LogP contribution in [0.3, 0.4) is 0 Å². The van der Waals surface area contributed by atoms with E-state index in [1.165, 1.54) is 0 Å². The molecule has 0 saturated carbocycles. The van der Waals surface area contributed by atoms with E-state index in [0.717, 1.165) is 0 Å². The Kier molecular flexibility index (Phi) is 5.13. The van der Waals surface area contributed by atoms with Gasteiger partial charge in [-0.25, -0.2) is 0 Å². The van der Waals surface area contributed by atoms with E-state index in [4.69, 9.17) is 0 Å². The van der Waals surface area contributed by atoms with Crippen LogP contribution in [0.25, 0.3) is 0 Å². The fourth-order valence-electron chi connectivity index (χ4n) is 1.51. The van der Waals surface area contributed by atoms with Gasteiger partial charge in [-0.05, 0) is 0 Å². The van der Waals surface area contributed by atoms with Gasteiger partial charge in [-0.15, -0.1) is 0 Å². The van der Waals surface area contributed by atoms with Crippen LogP contribution >= 0.6 is 7.72 Å². The van der Waals surface area contributed by atoms with Gasteiger partial charge in [-0.3, -0.25) is 0 Å². The molecule has 80 valence electrons. The molecule has 0 aliphatic heterocycles. The molecule has 0 fully saturated rings. The van der Waals surface area contributed by atoms with Crippen LogP contribution in [-0.4, -0.2) is 39.3 Å². The van der Waals surface area contributed by atoms with Crippen LogP contribution in [0, 0.1) is 0 Å². The number of hydrogen-bond donors (Lipinski definition) is 2. The van der Waals surface area contributed by atoms with Crippen molar-refractivity contribution < 1.29 is 9.79 Å². The van der Waals surface area contributed by atoms with E-state index in [0.29, 0.717) is 10.6 Å². The summed E-state index contributed by atoms with van der Waals surface area (Å²) in [5.74, 6) is 0. The van der Waals surface area contributed by atoms with Gasteiger partial charge in [0.05, 0.1) is 0 Å². The van der Waals surface area contributed by atoms with E-state index in [1.54, 1.807) is 24.3 Å². The van der Waals surface area contributed by atoms with Gasteiger partial charge in [0.15, 0.2) is 0 Å². The molecule has 2 aromatic rings. The van der Waals surface area contributed by atoms with Crippen molar-refractivity contribution in [1.82, 2.24) is 0 Å². The Labute approximate surface area is 118 Å². The fourth-order valence-corrected chi connectivity index (χ4v) is 3.16. The Balaban J connectivity index is 0.00000128. The van der Waals surface area contributed by atoms with Crippen LogP contribution in [0.5, 0.6) is 0 Å². The van der Waals surface area contributed by atoms with Gasteiger partial charge in [0.1, 0.15) is 0 Å². The number of benzene rings is 2. The van der Waals surface area contributed by atoms with Crippen molar-refractivity contribution in [3.63, 3.8) is 0 Å². The van der Waals surface area contributed by atoms with Crippen LogP contribution < -0.4 is 10.6 Å². The van der Waals surface area contributed by atoms with Gasteiger partial charge in [0.25, 0.3) is 0 Å². The quantitative estimate of drug-likeness (QED) is 0.598. The van der Waals surface area contributed by atoms with Gasteiger partial charge in [0, 0.05) is 0 Å². The number of rotatable bonds is 2. The topological polar surface area (TPSA) is 40.5 Å². The molecule has 0 heterocycles. The van der Waals surface area contributed by atoms with Gasteiger partial charge in [-0.1, -0.05) is 0 Å². The Morgan fingerprint density at radius 2 is 0.938 bits per heavy atom. The molecule has 2 N–H and O–H groups in total. The van der Waals surface area contributed by atoms with Crippen molar-refractivity contribution in [2.45, 2.75) is 0 Å². The molecule has 0 spiro atoms. The zero-order chi connectivity index (χ0) is 10.7. The zero-order valence-corrected chi connectivity index (χ0v) is 9.17. The molecule has 4 heteroatoms. The van der Waals surface area contributed by atoms with E-state index in [9.17, 15) is 9.79 Å². The Morgan fingerprint density at radius 3 is 1.25 bits per heavy atom. The summed E-state index contributed by atoms with van der Waals surface area (Å²) < 4.78 is 0. The van der Waals surface area contributed by atoms with Crippen molar-refractivity contribution in [3.05, 3.63) is 60.7 Å². The molecule has 0 radical (unpaired) electrons. The Hall–Kier alpha value is -0.210. The minimum absolute atomic E-state index is 0. The van der Waals surface area contributed by atoms with Crippen molar-refractivity contribution >= 4 is 47.9 Å². The monoisotopic (exact) mass is 244 g/mol. The van der Waals surface area contributed by atoms with E-state index < -0.39 is 7.72 Å². The summed E-state index contributed by atoms with van der Waals surface area (Å²) in [5.41, 5.74) is 0. The third-order valence-electron chi connectivity index (χ3n) is 2.35. The molecule has 2 rings (SSSR count). The average Bonchev–Trinajstić information content (AvgIpc) is 2.31. The number of hydrogen-bond acceptors (Lipinski definition) is 2. The SMILES string of the molecule is O[PH](O)(c1ccccc1)c1ccccc1.[NaH]. The Morgan fingerprint density at radius 1 is 0.625 bits per heavy atom. The summed E-state index contributed by atoms with van der Waals surface area (Å²) in [6.07, 6.45) is 0. The molecule has 0 amide bonds. The van der Waals surface area contributed by atoms with Crippen molar-refractivity contribution in [3.8, 4) is 0 Å². The van der Waals surface area contributed by atoms with E-state index in [-0.39, 0.29) is 29.6 Å². The summed E-state index contributed by atoms with van der Waals surface area (Å²) in [7, 11) is -3.46. The molecule has 0 atom stereocenters. The van der Waals surface area contributed by atoms with Crippen molar-refractivity contribution in [2.24, 2.45) is 0 Å². The summed E-state index contributed by atoms with van der Waals surface area (Å²) >= 11 is 0. The molecule has 2 nitrogen and oxygen atoms in total. The summed E-state index contributed by atoms with van der Waals surface area (Å²) in [5, 5.41) is 1.22. The zero-order valence-electron chi connectivity index (χ0n) is 8.17. The van der Waals surface area contributed by atoms with Crippen LogP contribution in [0.4, 0.5) is 0 Å². The van der Waals surface area contributed by atoms with Gasteiger partial charge in [-0.2, -0.15) is 0 Å². The average molecular weight is 244 g/mol. The summed E-state index contributed by atoms with van der Waals surface area (Å²) in [6, 6.07) is 18.0. The molecular weight excluding hydrogens is 230 g/mol. The van der Waals surface area contributed by atoms with E-state index in [2.05, 4.69) is 0 Å².